The lowest BCUT2D eigenvalue weighted by molar-refractivity contribution is 0.0977. The molecule has 1 atom stereocenters. The van der Waals surface area contributed by atoms with Gasteiger partial charge in [-0.25, -0.2) is 0 Å². The summed E-state index contributed by atoms with van der Waals surface area (Å²) in [7, 11) is 0. The molecule has 2 N–H and O–H groups in total. The van der Waals surface area contributed by atoms with Crippen molar-refractivity contribution in [2.75, 3.05) is 0 Å². The minimum atomic E-state index is -0.107. The molecule has 0 aliphatic rings. The summed E-state index contributed by atoms with van der Waals surface area (Å²) in [5.41, 5.74) is 7.78. The van der Waals surface area contributed by atoms with Crippen molar-refractivity contribution in [3.8, 4) is 0 Å². The maximum atomic E-state index is 12.0. The molecule has 0 amide bonds. The van der Waals surface area contributed by atoms with Crippen LogP contribution in [0.5, 0.6) is 0 Å². The Morgan fingerprint density at radius 1 is 1.11 bits per heavy atom. The standard InChI is InChI=1S/C16H16ClNO/c17-14-8-4-7-13(11-14)16(19)10-9-15(18)12-5-2-1-3-6-12/h1-8,11,15H,9-10,18H2. The molecule has 0 radical (unpaired) electrons. The second-order valence-corrected chi connectivity index (χ2v) is 4.93. The van der Waals surface area contributed by atoms with Crippen LogP contribution < -0.4 is 5.73 Å². The molecule has 98 valence electrons. The molecule has 0 bridgehead atoms. The second kappa shape index (κ2) is 6.50. The van der Waals surface area contributed by atoms with E-state index in [1.165, 1.54) is 0 Å². The quantitative estimate of drug-likeness (QED) is 0.837. The largest absolute Gasteiger partial charge is 0.324 e. The van der Waals surface area contributed by atoms with E-state index in [-0.39, 0.29) is 11.8 Å². The minimum absolute atomic E-state index is 0.0777. The Bertz CT molecular complexity index is 554. The zero-order valence-corrected chi connectivity index (χ0v) is 11.3. The number of nitrogens with two attached hydrogens (primary N) is 1. The SMILES string of the molecule is NC(CCC(=O)c1cccc(Cl)c1)c1ccccc1. The maximum absolute atomic E-state index is 12.0. The van der Waals surface area contributed by atoms with Gasteiger partial charge in [-0.3, -0.25) is 4.79 Å². The van der Waals surface area contributed by atoms with Crippen molar-refractivity contribution in [1.29, 1.82) is 0 Å². The zero-order valence-electron chi connectivity index (χ0n) is 10.6. The highest BCUT2D eigenvalue weighted by Gasteiger charge is 2.10. The van der Waals surface area contributed by atoms with Gasteiger partial charge in [0.15, 0.2) is 5.78 Å². The first-order chi connectivity index (χ1) is 9.16. The molecule has 0 fully saturated rings. The van der Waals surface area contributed by atoms with Crippen molar-refractivity contribution in [1.82, 2.24) is 0 Å². The molecular weight excluding hydrogens is 258 g/mol. The van der Waals surface area contributed by atoms with E-state index in [1.807, 2.05) is 30.3 Å². The van der Waals surface area contributed by atoms with Gasteiger partial charge in [-0.15, -0.1) is 0 Å². The van der Waals surface area contributed by atoms with Crippen molar-refractivity contribution in [3.63, 3.8) is 0 Å². The Morgan fingerprint density at radius 2 is 1.84 bits per heavy atom. The van der Waals surface area contributed by atoms with Crippen LogP contribution in [-0.2, 0) is 0 Å². The average molecular weight is 274 g/mol. The van der Waals surface area contributed by atoms with Crippen molar-refractivity contribution >= 4 is 17.4 Å². The Labute approximate surface area is 118 Å². The lowest BCUT2D eigenvalue weighted by atomic mass is 9.99. The molecular formula is C16H16ClNO. The smallest absolute Gasteiger partial charge is 0.162 e. The molecule has 19 heavy (non-hydrogen) atoms. The first-order valence-electron chi connectivity index (χ1n) is 6.26. The van der Waals surface area contributed by atoms with E-state index in [9.17, 15) is 4.79 Å². The summed E-state index contributed by atoms with van der Waals surface area (Å²) in [5.74, 6) is 0.0777. The van der Waals surface area contributed by atoms with E-state index < -0.39 is 0 Å². The lowest BCUT2D eigenvalue weighted by Gasteiger charge is -2.11. The molecule has 0 saturated carbocycles. The summed E-state index contributed by atoms with van der Waals surface area (Å²) >= 11 is 5.87. The molecule has 0 saturated heterocycles. The second-order valence-electron chi connectivity index (χ2n) is 4.49. The first kappa shape index (κ1) is 13.8. The fraction of sp³-hybridized carbons (Fsp3) is 0.188. The third-order valence-electron chi connectivity index (χ3n) is 3.06. The molecule has 1 unspecified atom stereocenters. The van der Waals surface area contributed by atoms with Crippen LogP contribution in [0, 0.1) is 0 Å². The molecule has 0 spiro atoms. The predicted molar refractivity (Wildman–Crippen MR) is 78.4 cm³/mol. The van der Waals surface area contributed by atoms with Crippen LogP contribution >= 0.6 is 11.6 Å². The summed E-state index contributed by atoms with van der Waals surface area (Å²) in [4.78, 5) is 12.0. The third-order valence-corrected chi connectivity index (χ3v) is 3.29. The Morgan fingerprint density at radius 3 is 2.53 bits per heavy atom. The van der Waals surface area contributed by atoms with E-state index >= 15 is 0 Å². The number of rotatable bonds is 5. The third kappa shape index (κ3) is 3.91. The van der Waals surface area contributed by atoms with Crippen LogP contribution in [0.25, 0.3) is 0 Å². The van der Waals surface area contributed by atoms with Crippen LogP contribution in [0.4, 0.5) is 0 Å². The number of carbonyl (C=O) groups is 1. The zero-order chi connectivity index (χ0) is 13.7. The van der Waals surface area contributed by atoms with E-state index in [2.05, 4.69) is 0 Å². The van der Waals surface area contributed by atoms with Gasteiger partial charge < -0.3 is 5.73 Å². The fourth-order valence-corrected chi connectivity index (χ4v) is 2.15. The molecule has 2 rings (SSSR count). The molecule has 2 aromatic carbocycles. The molecule has 2 nitrogen and oxygen atoms in total. The topological polar surface area (TPSA) is 43.1 Å². The van der Waals surface area contributed by atoms with Crippen molar-refractivity contribution < 1.29 is 4.79 Å². The van der Waals surface area contributed by atoms with Gasteiger partial charge in [0, 0.05) is 23.0 Å². The number of Topliss-reactive ketones (excluding diaryl/α,β-unsaturated/α-hetero) is 1. The Hall–Kier alpha value is -1.64. The Kier molecular flexibility index (Phi) is 4.72. The number of halogens is 1. The highest BCUT2D eigenvalue weighted by Crippen LogP contribution is 2.18. The van der Waals surface area contributed by atoms with E-state index in [1.54, 1.807) is 24.3 Å². The summed E-state index contributed by atoms with van der Waals surface area (Å²) in [6.45, 7) is 0. The Balaban J connectivity index is 1.94. The van der Waals surface area contributed by atoms with Gasteiger partial charge in [0.1, 0.15) is 0 Å². The number of ketones is 1. The van der Waals surface area contributed by atoms with Crippen molar-refractivity contribution in [2.45, 2.75) is 18.9 Å². The molecule has 2 aromatic rings. The van der Waals surface area contributed by atoms with Gasteiger partial charge in [0.05, 0.1) is 0 Å². The number of hydrogen-bond acceptors (Lipinski definition) is 2. The minimum Gasteiger partial charge on any atom is -0.324 e. The van der Waals surface area contributed by atoms with Gasteiger partial charge in [-0.05, 0) is 24.1 Å². The summed E-state index contributed by atoms with van der Waals surface area (Å²) in [6, 6.07) is 16.7. The van der Waals surface area contributed by atoms with Crippen molar-refractivity contribution in [2.24, 2.45) is 5.73 Å². The van der Waals surface area contributed by atoms with Gasteiger partial charge >= 0.3 is 0 Å². The molecule has 0 aliphatic carbocycles. The lowest BCUT2D eigenvalue weighted by Crippen LogP contribution is -2.12. The van der Waals surface area contributed by atoms with Crippen LogP contribution in [0.2, 0.25) is 5.02 Å². The fourth-order valence-electron chi connectivity index (χ4n) is 1.96. The van der Waals surface area contributed by atoms with Gasteiger partial charge in [0.25, 0.3) is 0 Å². The summed E-state index contributed by atoms with van der Waals surface area (Å²) < 4.78 is 0. The van der Waals surface area contributed by atoms with Crippen LogP contribution in [0.1, 0.15) is 34.8 Å². The van der Waals surface area contributed by atoms with E-state index in [0.29, 0.717) is 23.4 Å². The summed E-state index contributed by atoms with van der Waals surface area (Å²) in [6.07, 6.45) is 1.06. The monoisotopic (exact) mass is 273 g/mol. The highest BCUT2D eigenvalue weighted by molar-refractivity contribution is 6.31. The van der Waals surface area contributed by atoms with Gasteiger partial charge in [-0.1, -0.05) is 54.1 Å². The van der Waals surface area contributed by atoms with Crippen molar-refractivity contribution in [3.05, 3.63) is 70.7 Å². The van der Waals surface area contributed by atoms with Gasteiger partial charge in [-0.2, -0.15) is 0 Å². The molecule has 0 heterocycles. The molecule has 0 aliphatic heterocycles. The summed E-state index contributed by atoms with van der Waals surface area (Å²) in [5, 5.41) is 0.582. The van der Waals surface area contributed by atoms with E-state index in [0.717, 1.165) is 5.56 Å². The molecule has 0 aromatic heterocycles. The van der Waals surface area contributed by atoms with Crippen LogP contribution in [-0.4, -0.2) is 5.78 Å². The predicted octanol–water partition coefficient (Wildman–Crippen LogP) is 4.00. The van der Waals surface area contributed by atoms with E-state index in [4.69, 9.17) is 17.3 Å². The number of benzene rings is 2. The molecule has 3 heteroatoms. The average Bonchev–Trinajstić information content (AvgIpc) is 2.45. The van der Waals surface area contributed by atoms with Crippen LogP contribution in [0.15, 0.2) is 54.6 Å². The number of hydrogen-bond donors (Lipinski definition) is 1. The number of carbonyl (C=O) groups excluding carboxylic acids is 1. The highest BCUT2D eigenvalue weighted by atomic mass is 35.5. The van der Waals surface area contributed by atoms with Gasteiger partial charge in [0.2, 0.25) is 0 Å². The normalized spacial score (nSPS) is 12.1. The van der Waals surface area contributed by atoms with Crippen LogP contribution in [0.3, 0.4) is 0 Å². The maximum Gasteiger partial charge on any atom is 0.162 e. The first-order valence-corrected chi connectivity index (χ1v) is 6.64.